The van der Waals surface area contributed by atoms with Crippen LogP contribution in [0.2, 0.25) is 0 Å². The number of halogens is 2. The fraction of sp³-hybridized carbons (Fsp3) is 0.250. The number of anilines is 1. The summed E-state index contributed by atoms with van der Waals surface area (Å²) in [6, 6.07) is 11.6. The summed E-state index contributed by atoms with van der Waals surface area (Å²) in [5.74, 6) is -0.518. The molecule has 2 N–H and O–H groups in total. The quantitative estimate of drug-likeness (QED) is 0.230. The number of thiol groups is 1. The number of aromatic hydroxyl groups is 1. The molecule has 2 aromatic rings. The number of ether oxygens (including phenoxy) is 2. The lowest BCUT2D eigenvalue weighted by atomic mass is 10.0. The minimum atomic E-state index is -0.799. The van der Waals surface area contributed by atoms with E-state index >= 15 is 0 Å². The smallest absolute Gasteiger partial charge is 0.412 e. The monoisotopic (exact) mass is 556 g/mol. The highest BCUT2D eigenvalue weighted by Gasteiger charge is 2.22. The molecule has 0 fully saturated rings. The number of phenols is 1. The van der Waals surface area contributed by atoms with E-state index in [1.165, 1.54) is 0 Å². The van der Waals surface area contributed by atoms with Gasteiger partial charge in [0.25, 0.3) is 0 Å². The van der Waals surface area contributed by atoms with Gasteiger partial charge in [-0.15, -0.1) is 0 Å². The molecule has 158 valence electrons. The highest BCUT2D eigenvalue weighted by Crippen LogP contribution is 2.38. The third-order valence-corrected chi connectivity index (χ3v) is 5.24. The number of phenolic OH excluding ortho intramolecular Hbond substituents is 1. The molecule has 0 aliphatic carbocycles. The van der Waals surface area contributed by atoms with Crippen molar-refractivity contribution in [2.45, 2.75) is 18.9 Å². The molecule has 0 bridgehead atoms. The van der Waals surface area contributed by atoms with Crippen LogP contribution in [-0.4, -0.2) is 29.5 Å². The van der Waals surface area contributed by atoms with Crippen LogP contribution in [0.25, 0.3) is 0 Å². The molecule has 0 saturated carbocycles. The number of carbonyl (C=O) groups excluding carboxylic acids is 2. The lowest BCUT2D eigenvalue weighted by Gasteiger charge is -2.20. The molecule has 0 aliphatic heterocycles. The van der Waals surface area contributed by atoms with Gasteiger partial charge < -0.3 is 14.6 Å². The number of hydrogen-bond donors (Lipinski definition) is 3. The lowest BCUT2D eigenvalue weighted by Crippen LogP contribution is -2.18. The SMILES string of the molecule is N#Cc1ccc(NC(=O)O[C@H](CCCOC(=O)CS)c2cc(Br)cc(Br)c2O)cc1. The molecule has 0 aromatic heterocycles. The van der Waals surface area contributed by atoms with Crippen molar-refractivity contribution in [1.82, 2.24) is 0 Å². The maximum atomic E-state index is 12.4. The number of benzene rings is 2. The topological polar surface area (TPSA) is 109 Å². The molecule has 2 rings (SSSR count). The molecule has 0 saturated heterocycles. The minimum absolute atomic E-state index is 0.0215. The van der Waals surface area contributed by atoms with E-state index in [1.54, 1.807) is 36.4 Å². The van der Waals surface area contributed by atoms with Crippen molar-refractivity contribution in [3.05, 3.63) is 56.5 Å². The van der Waals surface area contributed by atoms with Crippen LogP contribution >= 0.6 is 44.5 Å². The average Bonchev–Trinajstić information content (AvgIpc) is 2.73. The van der Waals surface area contributed by atoms with E-state index in [2.05, 4.69) is 49.8 Å². The molecule has 0 unspecified atom stereocenters. The number of amides is 1. The van der Waals surface area contributed by atoms with Crippen LogP contribution in [0.15, 0.2) is 45.3 Å². The van der Waals surface area contributed by atoms with Gasteiger partial charge in [-0.3, -0.25) is 10.1 Å². The van der Waals surface area contributed by atoms with E-state index in [4.69, 9.17) is 14.7 Å². The Labute approximate surface area is 196 Å². The van der Waals surface area contributed by atoms with Gasteiger partial charge in [0.2, 0.25) is 0 Å². The van der Waals surface area contributed by atoms with E-state index in [9.17, 15) is 14.7 Å². The third kappa shape index (κ3) is 7.23. The molecule has 30 heavy (non-hydrogen) atoms. The minimum Gasteiger partial charge on any atom is -0.506 e. The molecule has 2 aromatic carbocycles. The summed E-state index contributed by atoms with van der Waals surface area (Å²) in [4.78, 5) is 23.7. The van der Waals surface area contributed by atoms with E-state index in [1.807, 2.05) is 6.07 Å². The number of carbonyl (C=O) groups is 2. The number of nitrogens with zero attached hydrogens (tertiary/aromatic N) is 1. The Morgan fingerprint density at radius 1 is 1.23 bits per heavy atom. The summed E-state index contributed by atoms with van der Waals surface area (Å²) >= 11 is 10.5. The first kappa shape index (κ1) is 24.1. The van der Waals surface area contributed by atoms with Gasteiger partial charge in [-0.25, -0.2) is 4.79 Å². The first-order chi connectivity index (χ1) is 14.3. The second kappa shape index (κ2) is 11.8. The third-order valence-electron chi connectivity index (χ3n) is 3.92. The summed E-state index contributed by atoms with van der Waals surface area (Å²) in [6.07, 6.45) is -0.825. The van der Waals surface area contributed by atoms with Crippen LogP contribution in [0.3, 0.4) is 0 Å². The maximum Gasteiger partial charge on any atom is 0.412 e. The van der Waals surface area contributed by atoms with Crippen LogP contribution in [0.5, 0.6) is 5.75 Å². The summed E-state index contributed by atoms with van der Waals surface area (Å²) in [5.41, 5.74) is 1.32. The Bertz CT molecular complexity index is 947. The zero-order valence-corrected chi connectivity index (χ0v) is 19.7. The van der Waals surface area contributed by atoms with Gasteiger partial charge in [0.1, 0.15) is 11.9 Å². The molecule has 0 spiro atoms. The van der Waals surface area contributed by atoms with Gasteiger partial charge in [0.15, 0.2) is 0 Å². The second-order valence-corrected chi connectivity index (χ2v) is 8.14. The molecule has 0 aliphatic rings. The lowest BCUT2D eigenvalue weighted by molar-refractivity contribution is -0.140. The Morgan fingerprint density at radius 2 is 1.93 bits per heavy atom. The zero-order chi connectivity index (χ0) is 22.1. The Morgan fingerprint density at radius 3 is 2.57 bits per heavy atom. The van der Waals surface area contributed by atoms with Gasteiger partial charge in [0.05, 0.1) is 28.5 Å². The van der Waals surface area contributed by atoms with Crippen molar-refractivity contribution in [2.75, 3.05) is 17.7 Å². The van der Waals surface area contributed by atoms with Crippen molar-refractivity contribution in [1.29, 1.82) is 5.26 Å². The molecule has 1 atom stereocenters. The van der Waals surface area contributed by atoms with E-state index < -0.39 is 18.2 Å². The summed E-state index contributed by atoms with van der Waals surface area (Å²) in [5, 5.41) is 21.9. The van der Waals surface area contributed by atoms with Crippen molar-refractivity contribution in [2.24, 2.45) is 0 Å². The highest BCUT2D eigenvalue weighted by molar-refractivity contribution is 9.11. The van der Waals surface area contributed by atoms with Crippen LogP contribution in [0.1, 0.15) is 30.1 Å². The number of nitrogens with one attached hydrogen (secondary N) is 1. The standard InChI is InChI=1S/C20H18Br2N2O5S/c21-13-8-15(19(26)16(22)9-13)17(2-1-7-28-18(25)11-30)29-20(27)24-14-5-3-12(10-23)4-6-14/h3-6,8-9,17,26,30H,1-2,7,11H2,(H,24,27)/t17-/m1/s1. The maximum absolute atomic E-state index is 12.4. The van der Waals surface area contributed by atoms with E-state index in [0.717, 1.165) is 0 Å². The predicted octanol–water partition coefficient (Wildman–Crippen LogP) is 5.33. The van der Waals surface area contributed by atoms with Gasteiger partial charge in [-0.2, -0.15) is 17.9 Å². The molecule has 7 nitrogen and oxygen atoms in total. The molecular formula is C20H18Br2N2O5S. The first-order valence-electron chi connectivity index (χ1n) is 8.76. The van der Waals surface area contributed by atoms with Crippen molar-refractivity contribution in [3.63, 3.8) is 0 Å². The number of nitriles is 1. The number of hydrogen-bond acceptors (Lipinski definition) is 7. The summed E-state index contributed by atoms with van der Waals surface area (Å²) in [6.45, 7) is 0.131. The molecule has 0 radical (unpaired) electrons. The first-order valence-corrected chi connectivity index (χ1v) is 11.0. The normalized spacial score (nSPS) is 11.3. The van der Waals surface area contributed by atoms with Gasteiger partial charge in [-0.05, 0) is 65.2 Å². The second-order valence-electron chi connectivity index (χ2n) is 6.05. The molecular weight excluding hydrogens is 540 g/mol. The van der Waals surface area contributed by atoms with Crippen LogP contribution in [0.4, 0.5) is 10.5 Å². The molecule has 10 heteroatoms. The van der Waals surface area contributed by atoms with Crippen molar-refractivity contribution < 1.29 is 24.2 Å². The summed E-state index contributed by atoms with van der Waals surface area (Å²) in [7, 11) is 0. The Balaban J connectivity index is 2.12. The van der Waals surface area contributed by atoms with Crippen LogP contribution in [0, 0.1) is 11.3 Å². The number of esters is 1. The molecule has 1 amide bonds. The van der Waals surface area contributed by atoms with E-state index in [-0.39, 0.29) is 18.1 Å². The highest BCUT2D eigenvalue weighted by atomic mass is 79.9. The van der Waals surface area contributed by atoms with Gasteiger partial charge >= 0.3 is 12.1 Å². The fourth-order valence-electron chi connectivity index (χ4n) is 2.51. The van der Waals surface area contributed by atoms with E-state index in [0.29, 0.717) is 38.6 Å². The van der Waals surface area contributed by atoms with Gasteiger partial charge in [-0.1, -0.05) is 15.9 Å². The van der Waals surface area contributed by atoms with Crippen molar-refractivity contribution in [3.8, 4) is 11.8 Å². The van der Waals surface area contributed by atoms with Crippen LogP contribution in [-0.2, 0) is 14.3 Å². The number of rotatable bonds is 8. The van der Waals surface area contributed by atoms with Crippen LogP contribution < -0.4 is 5.32 Å². The zero-order valence-electron chi connectivity index (χ0n) is 15.6. The fourth-order valence-corrected chi connectivity index (χ4v) is 3.86. The Hall–Kier alpha value is -2.22. The predicted molar refractivity (Wildman–Crippen MR) is 122 cm³/mol. The van der Waals surface area contributed by atoms with Crippen molar-refractivity contribution >= 4 is 62.2 Å². The summed E-state index contributed by atoms with van der Waals surface area (Å²) < 4.78 is 11.7. The average molecular weight is 558 g/mol. The molecule has 0 heterocycles. The van der Waals surface area contributed by atoms with Gasteiger partial charge in [0, 0.05) is 15.7 Å². The largest absolute Gasteiger partial charge is 0.506 e. The Kier molecular flexibility index (Phi) is 9.49.